The van der Waals surface area contributed by atoms with E-state index in [9.17, 15) is 15.0 Å². The van der Waals surface area contributed by atoms with Crippen molar-refractivity contribution in [2.45, 2.75) is 156 Å². The first kappa shape index (κ1) is 32.5. The van der Waals surface area contributed by atoms with Gasteiger partial charge in [-0.05, 0) is 121 Å². The monoisotopic (exact) mass is 641 g/mol. The number of carbonyl (C=O) groups is 1. The number of ether oxygens (including phenoxy) is 3. The van der Waals surface area contributed by atoms with Crippen LogP contribution in [-0.4, -0.2) is 77.5 Å². The number of nitrogens with zero attached hydrogens (tertiary/aromatic N) is 1. The molecule has 6 aliphatic carbocycles. The molecule has 7 nitrogen and oxygen atoms in total. The molecular weight excluding hydrogens is 578 g/mol. The second-order valence-electron chi connectivity index (χ2n) is 19.2. The van der Waals surface area contributed by atoms with E-state index < -0.39 is 12.2 Å². The van der Waals surface area contributed by atoms with E-state index >= 15 is 0 Å². The fourth-order valence-corrected chi connectivity index (χ4v) is 14.0. The first-order valence-electron chi connectivity index (χ1n) is 19.3. The molecular formula is C39H63NO6. The van der Waals surface area contributed by atoms with Gasteiger partial charge >= 0.3 is 0 Å². The van der Waals surface area contributed by atoms with Crippen molar-refractivity contribution in [2.75, 3.05) is 19.7 Å². The summed E-state index contributed by atoms with van der Waals surface area (Å²) in [6.45, 7) is 18.2. The smallest absolute Gasteiger partial charge is 0.223 e. The molecule has 0 aromatic rings. The van der Waals surface area contributed by atoms with Crippen molar-refractivity contribution in [3.63, 3.8) is 0 Å². The van der Waals surface area contributed by atoms with E-state index in [4.69, 9.17) is 14.2 Å². The standard InChI is InChI=1S/C39H63NO6/c1-22(2)32(42)25-18-23(3)31-33(45-25)34(43)37(7)27-11-10-26-35(4,5)28(12-13-38(26)21-39(27,38)15-14-36(31,37)6)46-30-20-40(16-17-44-30)29(41)19-24-8-9-24/h22-28,30-34,42-43H,8-21H2,1-7H3/t23-,25?,26+,27?,28+,30+,31+,32-,33?,34+,36?,37-,38?,39?/m1/s1. The number of aliphatic hydroxyl groups is 2. The van der Waals surface area contributed by atoms with Crippen LogP contribution < -0.4 is 0 Å². The van der Waals surface area contributed by atoms with E-state index in [1.807, 2.05) is 4.90 Å². The van der Waals surface area contributed by atoms with Crippen molar-refractivity contribution in [2.24, 2.45) is 62.6 Å². The van der Waals surface area contributed by atoms with Crippen LogP contribution in [0.5, 0.6) is 0 Å². The van der Waals surface area contributed by atoms with Crippen LogP contribution in [0.15, 0.2) is 0 Å². The van der Waals surface area contributed by atoms with Gasteiger partial charge in [-0.25, -0.2) is 0 Å². The number of morpholine rings is 1. The summed E-state index contributed by atoms with van der Waals surface area (Å²) in [4.78, 5) is 14.9. The molecule has 0 aromatic carbocycles. The minimum Gasteiger partial charge on any atom is -0.390 e. The number of hydrogen-bond acceptors (Lipinski definition) is 6. The van der Waals surface area contributed by atoms with Crippen molar-refractivity contribution in [3.8, 4) is 0 Å². The Hall–Kier alpha value is -0.730. The molecule has 2 heterocycles. The number of aliphatic hydroxyl groups excluding tert-OH is 2. The topological polar surface area (TPSA) is 88.5 Å². The van der Waals surface area contributed by atoms with E-state index in [1.54, 1.807) is 0 Å². The number of rotatable bonds is 6. The molecule has 46 heavy (non-hydrogen) atoms. The van der Waals surface area contributed by atoms with Gasteiger partial charge in [0.2, 0.25) is 5.91 Å². The van der Waals surface area contributed by atoms with Gasteiger partial charge in [0.1, 0.15) is 0 Å². The van der Waals surface area contributed by atoms with Crippen LogP contribution in [0.3, 0.4) is 0 Å². The Balaban J connectivity index is 1.01. The zero-order valence-electron chi connectivity index (χ0n) is 29.8. The number of amides is 1. The molecule has 2 spiro atoms. The summed E-state index contributed by atoms with van der Waals surface area (Å²) in [5, 5.41) is 23.5. The normalized spacial score (nSPS) is 53.0. The van der Waals surface area contributed by atoms with Crippen molar-refractivity contribution >= 4 is 5.91 Å². The van der Waals surface area contributed by atoms with Crippen molar-refractivity contribution < 1.29 is 29.2 Å². The fourth-order valence-electron chi connectivity index (χ4n) is 14.0. The molecule has 260 valence electrons. The van der Waals surface area contributed by atoms with Gasteiger partial charge in [0, 0.05) is 18.4 Å². The molecule has 0 radical (unpaired) electrons. The van der Waals surface area contributed by atoms with Crippen LogP contribution in [0, 0.1) is 62.6 Å². The summed E-state index contributed by atoms with van der Waals surface area (Å²) in [7, 11) is 0. The summed E-state index contributed by atoms with van der Waals surface area (Å²) in [6.07, 6.45) is 10.7. The summed E-state index contributed by atoms with van der Waals surface area (Å²) in [5.41, 5.74) is 0.505. The number of carbonyl (C=O) groups excluding carboxylic acids is 1. The van der Waals surface area contributed by atoms with Crippen molar-refractivity contribution in [3.05, 3.63) is 0 Å². The lowest BCUT2D eigenvalue weighted by Crippen LogP contribution is -2.60. The lowest BCUT2D eigenvalue weighted by atomic mass is 9.41. The Morgan fingerprint density at radius 2 is 1.72 bits per heavy atom. The van der Waals surface area contributed by atoms with Crippen LogP contribution in [0.2, 0.25) is 0 Å². The molecule has 7 heteroatoms. The van der Waals surface area contributed by atoms with Gasteiger partial charge in [-0.2, -0.15) is 0 Å². The van der Waals surface area contributed by atoms with Gasteiger partial charge in [0.05, 0.1) is 43.7 Å². The van der Waals surface area contributed by atoms with Gasteiger partial charge in [0.25, 0.3) is 0 Å². The Morgan fingerprint density at radius 3 is 2.43 bits per heavy atom. The van der Waals surface area contributed by atoms with E-state index in [0.717, 1.165) is 12.8 Å². The average molecular weight is 642 g/mol. The Kier molecular flexibility index (Phi) is 7.51. The third kappa shape index (κ3) is 4.29. The van der Waals surface area contributed by atoms with Crippen LogP contribution in [-0.2, 0) is 19.0 Å². The van der Waals surface area contributed by atoms with Crippen LogP contribution in [0.1, 0.15) is 119 Å². The third-order valence-corrected chi connectivity index (χ3v) is 16.7. The molecule has 2 N–H and O–H groups in total. The van der Waals surface area contributed by atoms with E-state index in [2.05, 4.69) is 48.5 Å². The summed E-state index contributed by atoms with van der Waals surface area (Å²) >= 11 is 0. The highest BCUT2D eigenvalue weighted by Crippen LogP contribution is 2.89. The lowest BCUT2D eigenvalue weighted by molar-refractivity contribution is -0.248. The van der Waals surface area contributed by atoms with E-state index in [1.165, 1.54) is 51.4 Å². The summed E-state index contributed by atoms with van der Waals surface area (Å²) in [5.74, 6) is 2.88. The second-order valence-corrected chi connectivity index (χ2v) is 19.2. The van der Waals surface area contributed by atoms with Crippen molar-refractivity contribution in [1.82, 2.24) is 4.90 Å². The molecule has 2 saturated heterocycles. The molecule has 2 aliphatic heterocycles. The predicted molar refractivity (Wildman–Crippen MR) is 175 cm³/mol. The van der Waals surface area contributed by atoms with Crippen LogP contribution >= 0.6 is 0 Å². The average Bonchev–Trinajstić information content (AvgIpc) is 3.93. The molecule has 0 bridgehead atoms. The Morgan fingerprint density at radius 1 is 1.00 bits per heavy atom. The molecule has 1 amide bonds. The molecule has 14 atom stereocenters. The zero-order chi connectivity index (χ0) is 32.6. The van der Waals surface area contributed by atoms with Gasteiger partial charge in [0.15, 0.2) is 6.29 Å². The van der Waals surface area contributed by atoms with Gasteiger partial charge in [-0.15, -0.1) is 0 Å². The Bertz CT molecular complexity index is 1220. The molecule has 8 aliphatic rings. The van der Waals surface area contributed by atoms with Gasteiger partial charge in [-0.1, -0.05) is 48.5 Å². The minimum absolute atomic E-state index is 0.0259. The van der Waals surface area contributed by atoms with E-state index in [0.29, 0.717) is 66.5 Å². The highest BCUT2D eigenvalue weighted by molar-refractivity contribution is 5.76. The molecule has 6 saturated carbocycles. The Labute approximate surface area is 277 Å². The van der Waals surface area contributed by atoms with Gasteiger partial charge < -0.3 is 29.3 Å². The zero-order valence-corrected chi connectivity index (χ0v) is 29.8. The lowest BCUT2D eigenvalue weighted by Gasteiger charge is -2.64. The molecule has 8 rings (SSSR count). The highest BCUT2D eigenvalue weighted by atomic mass is 16.7. The highest BCUT2D eigenvalue weighted by Gasteiger charge is 2.84. The maximum atomic E-state index is 12.9. The third-order valence-electron chi connectivity index (χ3n) is 16.7. The second kappa shape index (κ2) is 10.6. The maximum Gasteiger partial charge on any atom is 0.223 e. The van der Waals surface area contributed by atoms with E-state index in [-0.39, 0.29) is 52.7 Å². The number of hydrogen-bond donors (Lipinski definition) is 2. The van der Waals surface area contributed by atoms with Crippen LogP contribution in [0.25, 0.3) is 0 Å². The molecule has 6 unspecified atom stereocenters. The number of fused-ring (bicyclic) bond motifs is 4. The quantitative estimate of drug-likeness (QED) is 0.360. The predicted octanol–water partition coefficient (Wildman–Crippen LogP) is 6.19. The van der Waals surface area contributed by atoms with Crippen LogP contribution in [0.4, 0.5) is 0 Å². The first-order chi connectivity index (χ1) is 21.7. The summed E-state index contributed by atoms with van der Waals surface area (Å²) < 4.78 is 19.8. The minimum atomic E-state index is -0.495. The molecule has 0 aromatic heterocycles. The summed E-state index contributed by atoms with van der Waals surface area (Å²) in [6, 6.07) is 0. The van der Waals surface area contributed by atoms with Crippen molar-refractivity contribution in [1.29, 1.82) is 0 Å². The largest absolute Gasteiger partial charge is 0.390 e. The van der Waals surface area contributed by atoms with Gasteiger partial charge in [-0.3, -0.25) is 4.79 Å². The first-order valence-corrected chi connectivity index (χ1v) is 19.3. The SMILES string of the molecule is CC(C)[C@@H](O)C1C[C@@H](C)[C@H]2C(O1)[C@H](O)[C@@]1(C)C3CC[C@H]4C(C)(C)[C@@H](O[C@H]5CN(C(=O)CC6CC6)CCO5)CCC45CC35CCC21C. The molecule has 8 fully saturated rings. The fraction of sp³-hybridized carbons (Fsp3) is 0.974. The maximum absolute atomic E-state index is 12.9.